The van der Waals surface area contributed by atoms with E-state index in [9.17, 15) is 14.7 Å². The Kier molecular flexibility index (Phi) is 3.53. The van der Waals surface area contributed by atoms with Crippen LogP contribution in [-0.4, -0.2) is 41.7 Å². The lowest BCUT2D eigenvalue weighted by molar-refractivity contribution is -0.139. The van der Waals surface area contributed by atoms with Gasteiger partial charge in [-0.15, -0.1) is 0 Å². The van der Waals surface area contributed by atoms with Crippen LogP contribution in [0.25, 0.3) is 0 Å². The normalized spacial score (nSPS) is 27.5. The standard InChI is InChI=1S/C15H18N2O4/c1-21-15(20)12-7-10(5-6-16-12)17-8-9-3-2-4-11(9)13(17)14(18)19/h5-7,9,11,13H,2-4,8H2,1H3,(H,18,19). The highest BCUT2D eigenvalue weighted by Gasteiger charge is 2.47. The van der Waals surface area contributed by atoms with Gasteiger partial charge < -0.3 is 14.7 Å². The molecule has 2 aliphatic rings. The minimum absolute atomic E-state index is 0.205. The molecule has 1 saturated heterocycles. The highest BCUT2D eigenvalue weighted by Crippen LogP contribution is 2.43. The van der Waals surface area contributed by atoms with Crippen molar-refractivity contribution in [2.24, 2.45) is 11.8 Å². The maximum absolute atomic E-state index is 11.7. The molecule has 1 N–H and O–H groups in total. The number of carbonyl (C=O) groups is 2. The topological polar surface area (TPSA) is 79.7 Å². The number of anilines is 1. The van der Waals surface area contributed by atoms with Gasteiger partial charge in [0, 0.05) is 18.4 Å². The smallest absolute Gasteiger partial charge is 0.356 e. The number of carbonyl (C=O) groups excluding carboxylic acids is 1. The Hall–Kier alpha value is -2.11. The molecule has 6 nitrogen and oxygen atoms in total. The predicted molar refractivity (Wildman–Crippen MR) is 75.2 cm³/mol. The second-order valence-corrected chi connectivity index (χ2v) is 5.68. The SMILES string of the molecule is COC(=O)c1cc(N2CC3CCCC3C2C(=O)O)ccn1. The van der Waals surface area contributed by atoms with Crippen LogP contribution in [0, 0.1) is 11.8 Å². The molecule has 3 atom stereocenters. The van der Waals surface area contributed by atoms with Crippen LogP contribution < -0.4 is 4.90 Å². The van der Waals surface area contributed by atoms with Gasteiger partial charge in [0.15, 0.2) is 0 Å². The van der Waals surface area contributed by atoms with Crippen molar-refractivity contribution in [1.29, 1.82) is 0 Å². The Morgan fingerprint density at radius 3 is 2.95 bits per heavy atom. The molecule has 112 valence electrons. The van der Waals surface area contributed by atoms with E-state index in [1.807, 2.05) is 4.90 Å². The summed E-state index contributed by atoms with van der Waals surface area (Å²) >= 11 is 0. The zero-order valence-electron chi connectivity index (χ0n) is 11.9. The maximum Gasteiger partial charge on any atom is 0.356 e. The number of ether oxygens (including phenoxy) is 1. The highest BCUT2D eigenvalue weighted by atomic mass is 16.5. The molecule has 0 bridgehead atoms. The quantitative estimate of drug-likeness (QED) is 0.851. The molecule has 21 heavy (non-hydrogen) atoms. The van der Waals surface area contributed by atoms with Crippen LogP contribution in [0.4, 0.5) is 5.69 Å². The van der Waals surface area contributed by atoms with E-state index in [1.54, 1.807) is 12.1 Å². The zero-order valence-corrected chi connectivity index (χ0v) is 11.9. The fourth-order valence-corrected chi connectivity index (χ4v) is 3.70. The Balaban J connectivity index is 1.92. The lowest BCUT2D eigenvalue weighted by Gasteiger charge is -2.26. The molecule has 1 aliphatic carbocycles. The second-order valence-electron chi connectivity index (χ2n) is 5.68. The summed E-state index contributed by atoms with van der Waals surface area (Å²) in [6.07, 6.45) is 4.68. The van der Waals surface area contributed by atoms with E-state index in [-0.39, 0.29) is 11.6 Å². The first kappa shape index (κ1) is 13.9. The summed E-state index contributed by atoms with van der Waals surface area (Å²) in [6, 6.07) is 2.86. The van der Waals surface area contributed by atoms with Crippen molar-refractivity contribution >= 4 is 17.6 Å². The summed E-state index contributed by atoms with van der Waals surface area (Å²) in [5, 5.41) is 9.57. The second kappa shape index (κ2) is 5.35. The minimum Gasteiger partial charge on any atom is -0.480 e. The molecular formula is C15H18N2O4. The number of methoxy groups -OCH3 is 1. The minimum atomic E-state index is -0.791. The van der Waals surface area contributed by atoms with Gasteiger partial charge in [-0.05, 0) is 36.8 Å². The fourth-order valence-electron chi connectivity index (χ4n) is 3.70. The maximum atomic E-state index is 11.7. The molecule has 2 heterocycles. The van der Waals surface area contributed by atoms with Gasteiger partial charge >= 0.3 is 11.9 Å². The lowest BCUT2D eigenvalue weighted by Crippen LogP contribution is -2.39. The van der Waals surface area contributed by atoms with E-state index in [0.717, 1.165) is 31.5 Å². The summed E-state index contributed by atoms with van der Waals surface area (Å²) in [5.74, 6) is -0.665. The van der Waals surface area contributed by atoms with Crippen molar-refractivity contribution in [3.63, 3.8) is 0 Å². The van der Waals surface area contributed by atoms with Gasteiger partial charge in [0.1, 0.15) is 11.7 Å². The number of aliphatic carboxylic acids is 1. The van der Waals surface area contributed by atoms with E-state index in [4.69, 9.17) is 0 Å². The Morgan fingerprint density at radius 1 is 1.43 bits per heavy atom. The number of nitrogens with zero attached hydrogens (tertiary/aromatic N) is 2. The summed E-state index contributed by atoms with van der Waals surface area (Å²) in [5.41, 5.74) is 0.934. The van der Waals surface area contributed by atoms with E-state index in [0.29, 0.717) is 5.92 Å². The number of hydrogen-bond donors (Lipinski definition) is 1. The van der Waals surface area contributed by atoms with Crippen LogP contribution in [-0.2, 0) is 9.53 Å². The molecule has 1 saturated carbocycles. The summed E-state index contributed by atoms with van der Waals surface area (Å²) in [7, 11) is 1.30. The summed E-state index contributed by atoms with van der Waals surface area (Å²) in [4.78, 5) is 29.1. The molecule has 0 aromatic carbocycles. The van der Waals surface area contributed by atoms with Gasteiger partial charge in [0.2, 0.25) is 0 Å². The first-order valence-corrected chi connectivity index (χ1v) is 7.15. The van der Waals surface area contributed by atoms with Crippen molar-refractivity contribution < 1.29 is 19.4 Å². The summed E-state index contributed by atoms with van der Waals surface area (Å²) in [6.45, 7) is 0.728. The van der Waals surface area contributed by atoms with Crippen molar-refractivity contribution in [3.8, 4) is 0 Å². The van der Waals surface area contributed by atoms with Crippen LogP contribution in [0.5, 0.6) is 0 Å². The first-order valence-electron chi connectivity index (χ1n) is 7.15. The third-order valence-corrected chi connectivity index (χ3v) is 4.61. The van der Waals surface area contributed by atoms with E-state index >= 15 is 0 Å². The van der Waals surface area contributed by atoms with Crippen molar-refractivity contribution in [1.82, 2.24) is 4.98 Å². The number of rotatable bonds is 3. The summed E-state index contributed by atoms with van der Waals surface area (Å²) < 4.78 is 4.67. The number of esters is 1. The molecule has 0 amide bonds. The largest absolute Gasteiger partial charge is 0.480 e. The number of pyridine rings is 1. The molecule has 6 heteroatoms. The number of aromatic nitrogens is 1. The lowest BCUT2D eigenvalue weighted by atomic mass is 9.94. The van der Waals surface area contributed by atoms with Crippen LogP contribution in [0.15, 0.2) is 18.3 Å². The van der Waals surface area contributed by atoms with Crippen molar-refractivity contribution in [2.45, 2.75) is 25.3 Å². The number of carboxylic acid groups (broad SMARTS) is 1. The third kappa shape index (κ3) is 2.34. The van der Waals surface area contributed by atoms with Gasteiger partial charge in [-0.25, -0.2) is 14.6 Å². The van der Waals surface area contributed by atoms with Crippen molar-refractivity contribution in [2.75, 3.05) is 18.6 Å². The molecular weight excluding hydrogens is 272 g/mol. The van der Waals surface area contributed by atoms with Crippen LogP contribution in [0.3, 0.4) is 0 Å². The van der Waals surface area contributed by atoms with Gasteiger partial charge in [-0.3, -0.25) is 0 Å². The molecule has 1 aromatic rings. The van der Waals surface area contributed by atoms with E-state index in [2.05, 4.69) is 9.72 Å². The predicted octanol–water partition coefficient (Wildman–Crippen LogP) is 1.56. The molecule has 1 aromatic heterocycles. The number of hydrogen-bond acceptors (Lipinski definition) is 5. The average Bonchev–Trinajstić information content (AvgIpc) is 3.06. The number of fused-ring (bicyclic) bond motifs is 1. The first-order chi connectivity index (χ1) is 10.1. The Bertz CT molecular complexity index is 575. The van der Waals surface area contributed by atoms with Gasteiger partial charge in [0.05, 0.1) is 7.11 Å². The highest BCUT2D eigenvalue weighted by molar-refractivity contribution is 5.88. The molecule has 0 spiro atoms. The Labute approximate surface area is 122 Å². The van der Waals surface area contributed by atoms with E-state index in [1.165, 1.54) is 13.3 Å². The van der Waals surface area contributed by atoms with Crippen LogP contribution >= 0.6 is 0 Å². The zero-order chi connectivity index (χ0) is 15.0. The van der Waals surface area contributed by atoms with Gasteiger partial charge in [0.25, 0.3) is 0 Å². The molecule has 1 aliphatic heterocycles. The monoisotopic (exact) mass is 290 g/mol. The van der Waals surface area contributed by atoms with Crippen molar-refractivity contribution in [3.05, 3.63) is 24.0 Å². The fraction of sp³-hybridized carbons (Fsp3) is 0.533. The van der Waals surface area contributed by atoms with Gasteiger partial charge in [-0.2, -0.15) is 0 Å². The Morgan fingerprint density at radius 2 is 2.24 bits per heavy atom. The van der Waals surface area contributed by atoms with Crippen LogP contribution in [0.1, 0.15) is 29.8 Å². The third-order valence-electron chi connectivity index (χ3n) is 4.61. The molecule has 3 rings (SSSR count). The van der Waals surface area contributed by atoms with E-state index < -0.39 is 18.0 Å². The molecule has 2 fully saturated rings. The molecule has 3 unspecified atom stereocenters. The van der Waals surface area contributed by atoms with Gasteiger partial charge in [-0.1, -0.05) is 6.42 Å². The molecule has 0 radical (unpaired) electrons. The number of carboxylic acids is 1. The van der Waals surface area contributed by atoms with Crippen LogP contribution in [0.2, 0.25) is 0 Å². The average molecular weight is 290 g/mol.